The highest BCUT2D eigenvalue weighted by Crippen LogP contribution is 2.38. The minimum Gasteiger partial charge on any atom is -0.478 e. The number of nitrogens with zero attached hydrogens (tertiary/aromatic N) is 1. The molecule has 0 atom stereocenters. The summed E-state index contributed by atoms with van der Waals surface area (Å²) in [6.45, 7) is 1.56. The summed E-state index contributed by atoms with van der Waals surface area (Å²) < 4.78 is 5.48. The van der Waals surface area contributed by atoms with Gasteiger partial charge in [-0.25, -0.2) is 4.79 Å². The van der Waals surface area contributed by atoms with Crippen LogP contribution in [0.4, 0.5) is 5.69 Å². The van der Waals surface area contributed by atoms with E-state index in [0.29, 0.717) is 5.56 Å². The van der Waals surface area contributed by atoms with E-state index in [1.54, 1.807) is 6.92 Å². The Morgan fingerprint density at radius 2 is 1.86 bits per heavy atom. The highest BCUT2D eigenvalue weighted by atomic mass is 35.5. The summed E-state index contributed by atoms with van der Waals surface area (Å²) in [4.78, 5) is 21.5. The van der Waals surface area contributed by atoms with Crippen molar-refractivity contribution >= 4 is 23.3 Å². The molecule has 2 rings (SSSR count). The normalized spacial score (nSPS) is 10.2. The molecule has 0 saturated heterocycles. The van der Waals surface area contributed by atoms with Crippen molar-refractivity contribution in [1.82, 2.24) is 0 Å². The second kappa shape index (κ2) is 5.80. The van der Waals surface area contributed by atoms with Crippen molar-refractivity contribution in [2.24, 2.45) is 0 Å². The molecule has 0 fully saturated rings. The van der Waals surface area contributed by atoms with Crippen LogP contribution in [0.15, 0.2) is 36.4 Å². The van der Waals surface area contributed by atoms with Crippen molar-refractivity contribution in [3.05, 3.63) is 62.7 Å². The van der Waals surface area contributed by atoms with E-state index in [2.05, 4.69) is 0 Å². The quantitative estimate of drug-likeness (QED) is 0.680. The highest BCUT2D eigenvalue weighted by molar-refractivity contribution is 6.32. The molecule has 0 aliphatic rings. The third-order valence-corrected chi connectivity index (χ3v) is 3.17. The van der Waals surface area contributed by atoms with Gasteiger partial charge in [-0.2, -0.15) is 0 Å². The molecule has 0 spiro atoms. The number of nitro groups is 1. The van der Waals surface area contributed by atoms with Gasteiger partial charge < -0.3 is 9.84 Å². The van der Waals surface area contributed by atoms with Gasteiger partial charge in [0.1, 0.15) is 10.8 Å². The average Bonchev–Trinajstić information content (AvgIpc) is 2.40. The zero-order valence-electron chi connectivity index (χ0n) is 10.9. The Labute approximate surface area is 124 Å². The maximum atomic E-state index is 11.1. The molecule has 0 aliphatic carbocycles. The molecule has 0 aliphatic heterocycles. The van der Waals surface area contributed by atoms with E-state index in [-0.39, 0.29) is 27.8 Å². The summed E-state index contributed by atoms with van der Waals surface area (Å²) in [5.41, 5.74) is 0.0794. The molecule has 108 valence electrons. The molecule has 0 amide bonds. The van der Waals surface area contributed by atoms with Gasteiger partial charge in [-0.15, -0.1) is 0 Å². The third-order valence-electron chi connectivity index (χ3n) is 2.87. The van der Waals surface area contributed by atoms with Gasteiger partial charge in [-0.05, 0) is 31.2 Å². The molecule has 21 heavy (non-hydrogen) atoms. The largest absolute Gasteiger partial charge is 0.478 e. The molecule has 0 radical (unpaired) electrons. The number of carboxylic acid groups (broad SMARTS) is 1. The Morgan fingerprint density at radius 1 is 1.24 bits per heavy atom. The lowest BCUT2D eigenvalue weighted by molar-refractivity contribution is -0.385. The number of benzene rings is 2. The molecule has 0 saturated carbocycles. The summed E-state index contributed by atoms with van der Waals surface area (Å²) in [6, 6.07) is 8.76. The van der Waals surface area contributed by atoms with E-state index in [1.165, 1.54) is 36.4 Å². The standard InChI is InChI=1S/C14H10ClNO5/c1-8-9(14(17)18)4-2-6-11(8)21-12-7-3-5-10(15)13(12)16(19)20/h2-7H,1H3,(H,17,18). The molecule has 2 aromatic carbocycles. The van der Waals surface area contributed by atoms with Gasteiger partial charge in [-0.1, -0.05) is 23.7 Å². The SMILES string of the molecule is Cc1c(Oc2cccc(Cl)c2[N+](=O)[O-])cccc1C(=O)O. The summed E-state index contributed by atoms with van der Waals surface area (Å²) in [5, 5.41) is 20.0. The zero-order chi connectivity index (χ0) is 15.6. The fourth-order valence-electron chi connectivity index (χ4n) is 1.83. The first-order valence-electron chi connectivity index (χ1n) is 5.85. The Morgan fingerprint density at radius 3 is 2.48 bits per heavy atom. The predicted molar refractivity (Wildman–Crippen MR) is 76.3 cm³/mol. The number of carbonyl (C=O) groups is 1. The van der Waals surface area contributed by atoms with Gasteiger partial charge in [-0.3, -0.25) is 10.1 Å². The number of halogens is 1. The lowest BCUT2D eigenvalue weighted by Gasteiger charge is -2.11. The first kappa shape index (κ1) is 14.8. The number of carboxylic acids is 1. The molecule has 0 heterocycles. The fraction of sp³-hybridized carbons (Fsp3) is 0.0714. The molecule has 6 nitrogen and oxygen atoms in total. The van der Waals surface area contributed by atoms with Gasteiger partial charge >= 0.3 is 11.7 Å². The molecule has 1 N–H and O–H groups in total. The number of nitro benzene ring substituents is 1. The number of hydrogen-bond donors (Lipinski definition) is 1. The van der Waals surface area contributed by atoms with E-state index in [9.17, 15) is 14.9 Å². The van der Waals surface area contributed by atoms with Gasteiger partial charge in [0.2, 0.25) is 5.75 Å². The Bertz CT molecular complexity index is 729. The Hall–Kier alpha value is -2.60. The van der Waals surface area contributed by atoms with Crippen molar-refractivity contribution in [2.75, 3.05) is 0 Å². The molecule has 7 heteroatoms. The van der Waals surface area contributed by atoms with Crippen LogP contribution in [-0.2, 0) is 0 Å². The monoisotopic (exact) mass is 307 g/mol. The lowest BCUT2D eigenvalue weighted by Crippen LogP contribution is -2.01. The molecular weight excluding hydrogens is 298 g/mol. The van der Waals surface area contributed by atoms with Crippen molar-refractivity contribution < 1.29 is 19.6 Å². The first-order chi connectivity index (χ1) is 9.91. The van der Waals surface area contributed by atoms with Crippen molar-refractivity contribution in [2.45, 2.75) is 6.92 Å². The maximum absolute atomic E-state index is 11.1. The Kier molecular flexibility index (Phi) is 4.09. The Balaban J connectivity index is 2.49. The van der Waals surface area contributed by atoms with Crippen LogP contribution in [0, 0.1) is 17.0 Å². The summed E-state index contributed by atoms with van der Waals surface area (Å²) in [6.07, 6.45) is 0. The van der Waals surface area contributed by atoms with Crippen LogP contribution in [0.5, 0.6) is 11.5 Å². The van der Waals surface area contributed by atoms with E-state index >= 15 is 0 Å². The average molecular weight is 308 g/mol. The topological polar surface area (TPSA) is 89.7 Å². The molecule has 0 unspecified atom stereocenters. The van der Waals surface area contributed by atoms with Gasteiger partial charge in [0, 0.05) is 5.56 Å². The van der Waals surface area contributed by atoms with Crippen LogP contribution < -0.4 is 4.74 Å². The van der Waals surface area contributed by atoms with Crippen LogP contribution in [0.3, 0.4) is 0 Å². The minimum absolute atomic E-state index is 0.0434. The summed E-state index contributed by atoms with van der Waals surface area (Å²) >= 11 is 5.80. The predicted octanol–water partition coefficient (Wildman–Crippen LogP) is 4.05. The van der Waals surface area contributed by atoms with Crippen molar-refractivity contribution in [3.8, 4) is 11.5 Å². The van der Waals surface area contributed by atoms with Crippen molar-refractivity contribution in [3.63, 3.8) is 0 Å². The fourth-order valence-corrected chi connectivity index (χ4v) is 2.07. The summed E-state index contributed by atoms with van der Waals surface area (Å²) in [7, 11) is 0. The van der Waals surface area contributed by atoms with Crippen LogP contribution in [0.1, 0.15) is 15.9 Å². The number of para-hydroxylation sites is 1. The summed E-state index contributed by atoms with van der Waals surface area (Å²) in [5.74, 6) is -0.919. The molecule has 2 aromatic rings. The number of ether oxygens (including phenoxy) is 1. The molecular formula is C14H10ClNO5. The van der Waals surface area contributed by atoms with Gasteiger partial charge in [0.25, 0.3) is 0 Å². The van der Waals surface area contributed by atoms with Crippen LogP contribution >= 0.6 is 11.6 Å². The van der Waals surface area contributed by atoms with E-state index in [0.717, 1.165) is 0 Å². The lowest BCUT2D eigenvalue weighted by atomic mass is 10.1. The smallest absolute Gasteiger partial charge is 0.336 e. The van der Waals surface area contributed by atoms with E-state index in [4.69, 9.17) is 21.4 Å². The van der Waals surface area contributed by atoms with Crippen LogP contribution in [0.2, 0.25) is 5.02 Å². The van der Waals surface area contributed by atoms with Crippen molar-refractivity contribution in [1.29, 1.82) is 0 Å². The third kappa shape index (κ3) is 2.95. The second-order valence-corrected chi connectivity index (χ2v) is 4.59. The van der Waals surface area contributed by atoms with E-state index in [1.807, 2.05) is 0 Å². The van der Waals surface area contributed by atoms with Crippen LogP contribution in [-0.4, -0.2) is 16.0 Å². The molecule has 0 bridgehead atoms. The zero-order valence-corrected chi connectivity index (χ0v) is 11.6. The van der Waals surface area contributed by atoms with Gasteiger partial charge in [0.15, 0.2) is 0 Å². The number of rotatable bonds is 4. The number of hydrogen-bond acceptors (Lipinski definition) is 4. The maximum Gasteiger partial charge on any atom is 0.336 e. The number of aromatic carboxylic acids is 1. The van der Waals surface area contributed by atoms with Gasteiger partial charge in [0.05, 0.1) is 10.5 Å². The van der Waals surface area contributed by atoms with E-state index < -0.39 is 10.9 Å². The molecule has 0 aromatic heterocycles. The second-order valence-electron chi connectivity index (χ2n) is 4.18. The van der Waals surface area contributed by atoms with Crippen LogP contribution in [0.25, 0.3) is 0 Å². The first-order valence-corrected chi connectivity index (χ1v) is 6.23. The minimum atomic E-state index is -1.10. The highest BCUT2D eigenvalue weighted by Gasteiger charge is 2.21.